The second kappa shape index (κ2) is 8.50. The van der Waals surface area contributed by atoms with E-state index >= 15 is 0 Å². The maximum absolute atomic E-state index is 12.1. The lowest BCUT2D eigenvalue weighted by Gasteiger charge is -2.17. The largest absolute Gasteiger partial charge is 0.479 e. The fourth-order valence-corrected chi connectivity index (χ4v) is 1.95. The topological polar surface area (TPSA) is 88.4 Å². The summed E-state index contributed by atoms with van der Waals surface area (Å²) in [6, 6.07) is 17.2. The van der Waals surface area contributed by atoms with Gasteiger partial charge in [0.2, 0.25) is 0 Å². The van der Waals surface area contributed by atoms with Crippen LogP contribution >= 0.6 is 0 Å². The Kier molecular flexibility index (Phi) is 6.13. The molecule has 0 radical (unpaired) electrons. The number of nitrogens with zero attached hydrogens (tertiary/aromatic N) is 1. The molecule has 0 bridgehead atoms. The molecule has 0 aliphatic carbocycles. The Labute approximate surface area is 146 Å². The van der Waals surface area contributed by atoms with Crippen molar-refractivity contribution < 1.29 is 19.1 Å². The van der Waals surface area contributed by atoms with Crippen molar-refractivity contribution in [1.82, 2.24) is 0 Å². The van der Waals surface area contributed by atoms with Gasteiger partial charge in [0.1, 0.15) is 5.75 Å². The monoisotopic (exact) mass is 338 g/mol. The quantitative estimate of drug-likeness (QED) is 0.818. The highest BCUT2D eigenvalue weighted by Crippen LogP contribution is 2.13. The molecule has 0 saturated carbocycles. The molecule has 2 aromatic carbocycles. The zero-order chi connectivity index (χ0) is 18.2. The molecule has 2 aromatic rings. The number of ether oxygens (including phenoxy) is 2. The number of rotatable bonds is 6. The van der Waals surface area contributed by atoms with Crippen LogP contribution in [-0.2, 0) is 14.3 Å². The van der Waals surface area contributed by atoms with E-state index in [1.807, 2.05) is 12.1 Å². The molecule has 0 spiro atoms. The molecular formula is C19H18N2O4. The molecule has 0 saturated heterocycles. The fourth-order valence-electron chi connectivity index (χ4n) is 1.95. The first-order valence-electron chi connectivity index (χ1n) is 7.73. The van der Waals surface area contributed by atoms with Gasteiger partial charge in [0.05, 0.1) is 11.6 Å². The molecule has 1 amide bonds. The minimum Gasteiger partial charge on any atom is -0.479 e. The van der Waals surface area contributed by atoms with E-state index < -0.39 is 24.1 Å². The molecule has 0 aromatic heterocycles. The second-order valence-corrected chi connectivity index (χ2v) is 5.33. The highest BCUT2D eigenvalue weighted by molar-refractivity contribution is 5.95. The summed E-state index contributed by atoms with van der Waals surface area (Å²) in [5.74, 6) is -0.557. The Balaban J connectivity index is 1.86. The van der Waals surface area contributed by atoms with Crippen molar-refractivity contribution in [1.29, 1.82) is 5.26 Å². The molecule has 0 aliphatic rings. The van der Waals surface area contributed by atoms with E-state index in [4.69, 9.17) is 14.7 Å². The first-order chi connectivity index (χ1) is 12.0. The number of hydrogen-bond acceptors (Lipinski definition) is 5. The van der Waals surface area contributed by atoms with Gasteiger partial charge in [0.15, 0.2) is 12.2 Å². The predicted molar refractivity (Wildman–Crippen MR) is 91.9 cm³/mol. The van der Waals surface area contributed by atoms with Crippen LogP contribution in [0.3, 0.4) is 0 Å². The van der Waals surface area contributed by atoms with Gasteiger partial charge < -0.3 is 14.8 Å². The Morgan fingerprint density at radius 3 is 2.24 bits per heavy atom. The van der Waals surface area contributed by atoms with Crippen LogP contribution in [-0.4, -0.2) is 24.1 Å². The van der Waals surface area contributed by atoms with Crippen LogP contribution in [0.1, 0.15) is 19.4 Å². The number of carbonyl (C=O) groups excluding carboxylic acids is 2. The maximum atomic E-state index is 12.1. The summed E-state index contributed by atoms with van der Waals surface area (Å²) in [5, 5.41) is 11.4. The van der Waals surface area contributed by atoms with Gasteiger partial charge in [-0.25, -0.2) is 4.79 Å². The van der Waals surface area contributed by atoms with E-state index in [0.29, 0.717) is 17.0 Å². The van der Waals surface area contributed by atoms with E-state index in [9.17, 15) is 9.59 Å². The van der Waals surface area contributed by atoms with E-state index in [-0.39, 0.29) is 0 Å². The van der Waals surface area contributed by atoms with Crippen molar-refractivity contribution in [2.24, 2.45) is 0 Å². The molecule has 1 N–H and O–H groups in total. The fraction of sp³-hybridized carbons (Fsp3) is 0.211. The molecule has 0 aliphatic heterocycles. The van der Waals surface area contributed by atoms with Crippen LogP contribution in [0, 0.1) is 11.3 Å². The number of para-hydroxylation sites is 1. The zero-order valence-corrected chi connectivity index (χ0v) is 13.9. The minimum absolute atomic E-state index is 0.468. The number of anilines is 1. The van der Waals surface area contributed by atoms with Crippen molar-refractivity contribution in [3.8, 4) is 11.8 Å². The number of amides is 1. The van der Waals surface area contributed by atoms with Crippen molar-refractivity contribution in [3.63, 3.8) is 0 Å². The summed E-state index contributed by atoms with van der Waals surface area (Å²) in [5.41, 5.74) is 1.00. The van der Waals surface area contributed by atoms with E-state index in [1.54, 1.807) is 55.5 Å². The van der Waals surface area contributed by atoms with Crippen LogP contribution < -0.4 is 10.1 Å². The summed E-state index contributed by atoms with van der Waals surface area (Å²) >= 11 is 0. The van der Waals surface area contributed by atoms with Gasteiger partial charge in [-0.3, -0.25) is 4.79 Å². The lowest BCUT2D eigenvalue weighted by molar-refractivity contribution is -0.159. The molecule has 2 rings (SSSR count). The van der Waals surface area contributed by atoms with Gasteiger partial charge >= 0.3 is 5.97 Å². The third-order valence-electron chi connectivity index (χ3n) is 3.33. The maximum Gasteiger partial charge on any atom is 0.347 e. The molecule has 0 unspecified atom stereocenters. The lowest BCUT2D eigenvalue weighted by Crippen LogP contribution is -2.35. The van der Waals surface area contributed by atoms with Crippen molar-refractivity contribution in [3.05, 3.63) is 60.2 Å². The summed E-state index contributed by atoms with van der Waals surface area (Å²) in [7, 11) is 0. The number of hydrogen-bond donors (Lipinski definition) is 1. The third kappa shape index (κ3) is 5.36. The number of nitrogens with one attached hydrogen (secondary N) is 1. The van der Waals surface area contributed by atoms with Crippen LogP contribution in [0.2, 0.25) is 0 Å². The molecule has 128 valence electrons. The Morgan fingerprint density at radius 1 is 1.00 bits per heavy atom. The summed E-state index contributed by atoms with van der Waals surface area (Å²) in [4.78, 5) is 24.1. The Morgan fingerprint density at radius 2 is 1.64 bits per heavy atom. The van der Waals surface area contributed by atoms with Crippen LogP contribution in [0.15, 0.2) is 54.6 Å². The number of nitriles is 1. The molecule has 6 heteroatoms. The van der Waals surface area contributed by atoms with E-state index in [0.717, 1.165) is 0 Å². The normalized spacial score (nSPS) is 12.4. The van der Waals surface area contributed by atoms with Crippen molar-refractivity contribution in [2.75, 3.05) is 5.32 Å². The Hall–Kier alpha value is -3.33. The van der Waals surface area contributed by atoms with Gasteiger partial charge in [-0.05, 0) is 50.2 Å². The SMILES string of the molecule is C[C@@H](OC(=O)[C@@H](C)Oc1ccccc1)C(=O)Nc1ccc(C#N)cc1. The van der Waals surface area contributed by atoms with Crippen LogP contribution in [0.4, 0.5) is 5.69 Å². The predicted octanol–water partition coefficient (Wildman–Crippen LogP) is 2.90. The smallest absolute Gasteiger partial charge is 0.347 e. The van der Waals surface area contributed by atoms with Gasteiger partial charge in [-0.15, -0.1) is 0 Å². The first-order valence-corrected chi connectivity index (χ1v) is 7.73. The van der Waals surface area contributed by atoms with Crippen molar-refractivity contribution >= 4 is 17.6 Å². The molecular weight excluding hydrogens is 320 g/mol. The molecule has 0 heterocycles. The second-order valence-electron chi connectivity index (χ2n) is 5.33. The summed E-state index contributed by atoms with van der Waals surface area (Å²) in [6.07, 6.45) is -1.82. The standard InChI is InChI=1S/C19H18N2O4/c1-13(18(22)21-16-10-8-15(12-20)9-11-16)25-19(23)14(2)24-17-6-4-3-5-7-17/h3-11,13-14H,1-2H3,(H,21,22)/t13-,14-/m1/s1. The van der Waals surface area contributed by atoms with Gasteiger partial charge in [0, 0.05) is 5.69 Å². The number of esters is 1. The summed E-state index contributed by atoms with van der Waals surface area (Å²) in [6.45, 7) is 3.03. The number of benzene rings is 2. The minimum atomic E-state index is -0.982. The van der Waals surface area contributed by atoms with Crippen LogP contribution in [0.25, 0.3) is 0 Å². The average molecular weight is 338 g/mol. The average Bonchev–Trinajstić information content (AvgIpc) is 2.63. The molecule has 2 atom stereocenters. The highest BCUT2D eigenvalue weighted by atomic mass is 16.6. The number of carbonyl (C=O) groups is 2. The van der Waals surface area contributed by atoms with Crippen LogP contribution in [0.5, 0.6) is 5.75 Å². The lowest BCUT2D eigenvalue weighted by atomic mass is 10.2. The first kappa shape index (κ1) is 18.0. The van der Waals surface area contributed by atoms with Crippen molar-refractivity contribution in [2.45, 2.75) is 26.1 Å². The molecule has 6 nitrogen and oxygen atoms in total. The molecule has 0 fully saturated rings. The summed E-state index contributed by atoms with van der Waals surface area (Å²) < 4.78 is 10.6. The third-order valence-corrected chi connectivity index (χ3v) is 3.33. The van der Waals surface area contributed by atoms with E-state index in [2.05, 4.69) is 5.32 Å². The van der Waals surface area contributed by atoms with Gasteiger partial charge in [0.25, 0.3) is 5.91 Å². The Bertz CT molecular complexity index is 766. The molecule has 25 heavy (non-hydrogen) atoms. The highest BCUT2D eigenvalue weighted by Gasteiger charge is 2.23. The van der Waals surface area contributed by atoms with E-state index in [1.165, 1.54) is 6.92 Å². The zero-order valence-electron chi connectivity index (χ0n) is 13.9. The van der Waals surface area contributed by atoms with Gasteiger partial charge in [-0.1, -0.05) is 18.2 Å². The van der Waals surface area contributed by atoms with Gasteiger partial charge in [-0.2, -0.15) is 5.26 Å².